The fraction of sp³-hybridized carbons (Fsp3) is 0.625. The molecule has 2 atom stereocenters. The Kier molecular flexibility index (Phi) is 6.30. The van der Waals surface area contributed by atoms with Crippen LogP contribution in [0.4, 0.5) is 13.2 Å². The summed E-state index contributed by atoms with van der Waals surface area (Å²) in [5, 5.41) is 7.12. The van der Waals surface area contributed by atoms with Gasteiger partial charge in [-0.3, -0.25) is 9.69 Å². The number of fused-ring (bicyclic) bond motifs is 1. The number of nitrogens with zero attached hydrogens (tertiary/aromatic N) is 2. The number of amides is 1. The molecule has 7 nitrogen and oxygen atoms in total. The van der Waals surface area contributed by atoms with Crippen molar-refractivity contribution in [3.63, 3.8) is 0 Å². The lowest BCUT2D eigenvalue weighted by Crippen LogP contribution is -2.53. The number of alkyl halides is 3. The summed E-state index contributed by atoms with van der Waals surface area (Å²) in [5.41, 5.74) is 0.620. The van der Waals surface area contributed by atoms with Crippen molar-refractivity contribution in [2.45, 2.75) is 38.2 Å². The van der Waals surface area contributed by atoms with Gasteiger partial charge in [0.2, 0.25) is 0 Å². The van der Waals surface area contributed by atoms with Gasteiger partial charge in [-0.15, -0.1) is 0 Å². The van der Waals surface area contributed by atoms with E-state index in [0.29, 0.717) is 24.2 Å². The molecule has 1 N–H and O–H groups in total. The second kappa shape index (κ2) is 8.09. The van der Waals surface area contributed by atoms with Gasteiger partial charge in [-0.25, -0.2) is 4.79 Å². The van der Waals surface area contributed by atoms with Crippen LogP contribution in [0.2, 0.25) is 0 Å². The number of hydrogen-bond acceptors (Lipinski definition) is 5. The molecule has 2 saturated heterocycles. The first-order chi connectivity index (χ1) is 12.1. The second-order valence-electron chi connectivity index (χ2n) is 6.33. The molecule has 3 rings (SSSR count). The third kappa shape index (κ3) is 4.76. The van der Waals surface area contributed by atoms with E-state index in [1.54, 1.807) is 6.07 Å². The monoisotopic (exact) mass is 378 g/mol. The molecule has 0 aromatic carbocycles. The summed E-state index contributed by atoms with van der Waals surface area (Å²) in [6.07, 6.45) is -1.90. The largest absolute Gasteiger partial charge is 0.490 e. The van der Waals surface area contributed by atoms with E-state index in [1.165, 1.54) is 12.5 Å². The molecule has 0 bridgehead atoms. The zero-order valence-corrected chi connectivity index (χ0v) is 14.4. The Hall–Kier alpha value is -2.07. The predicted molar refractivity (Wildman–Crippen MR) is 83.7 cm³/mol. The molecule has 26 heavy (non-hydrogen) atoms. The molecule has 10 heteroatoms. The molecule has 2 fully saturated rings. The molecule has 0 saturated carbocycles. The summed E-state index contributed by atoms with van der Waals surface area (Å²) < 4.78 is 42.5. The molecular weight excluding hydrogens is 357 g/mol. The van der Waals surface area contributed by atoms with Gasteiger partial charge in [0, 0.05) is 25.7 Å². The first-order valence-electron chi connectivity index (χ1n) is 8.10. The van der Waals surface area contributed by atoms with Gasteiger partial charge in [0.15, 0.2) is 0 Å². The van der Waals surface area contributed by atoms with Crippen LogP contribution in [0.5, 0.6) is 0 Å². The van der Waals surface area contributed by atoms with E-state index in [4.69, 9.17) is 19.1 Å². The average Bonchev–Trinajstić information content (AvgIpc) is 3.22. The maximum Gasteiger partial charge on any atom is 0.490 e. The standard InChI is InChI=1S/C14H20N2O3.C2HF3O2/c1-10(2)16-4-6-19-13-8-15(7-12(13)16)14(17)11-3-5-18-9-11;3-2(4,5)1(6)7/h3,5,9-10,12-13H,4,6-8H2,1-2H3;(H,6,7)/t12-,13+;/m1./s1. The number of carboxylic acids is 1. The molecule has 2 aliphatic rings. The number of furan rings is 1. The van der Waals surface area contributed by atoms with Gasteiger partial charge in [0.05, 0.1) is 30.6 Å². The molecule has 0 aliphatic carbocycles. The van der Waals surface area contributed by atoms with Gasteiger partial charge in [0.1, 0.15) is 6.26 Å². The summed E-state index contributed by atoms with van der Waals surface area (Å²) in [4.78, 5) is 25.5. The van der Waals surface area contributed by atoms with Crippen molar-refractivity contribution in [1.29, 1.82) is 0 Å². The SMILES string of the molecule is CC(C)N1CCO[C@H]2CN(C(=O)c3ccoc3)C[C@H]21.O=C(O)C(F)(F)F. The Morgan fingerprint density at radius 3 is 2.46 bits per heavy atom. The third-order valence-electron chi connectivity index (χ3n) is 4.31. The number of likely N-dealkylation sites (tertiary alicyclic amines) is 1. The molecule has 2 aliphatic heterocycles. The minimum absolute atomic E-state index is 0.0375. The molecule has 1 aromatic heterocycles. The molecule has 3 heterocycles. The highest BCUT2D eigenvalue weighted by Crippen LogP contribution is 2.25. The van der Waals surface area contributed by atoms with Crippen LogP contribution in [-0.2, 0) is 9.53 Å². The highest BCUT2D eigenvalue weighted by molar-refractivity contribution is 5.94. The van der Waals surface area contributed by atoms with Gasteiger partial charge in [0.25, 0.3) is 5.91 Å². The number of carbonyl (C=O) groups is 2. The highest BCUT2D eigenvalue weighted by atomic mass is 19.4. The number of halogens is 3. The zero-order valence-electron chi connectivity index (χ0n) is 14.4. The predicted octanol–water partition coefficient (Wildman–Crippen LogP) is 1.85. The van der Waals surface area contributed by atoms with Crippen LogP contribution in [0, 0.1) is 0 Å². The fourth-order valence-corrected chi connectivity index (χ4v) is 3.09. The van der Waals surface area contributed by atoms with Crippen molar-refractivity contribution in [2.75, 3.05) is 26.2 Å². The quantitative estimate of drug-likeness (QED) is 0.846. The lowest BCUT2D eigenvalue weighted by atomic mass is 10.1. The van der Waals surface area contributed by atoms with Crippen molar-refractivity contribution in [2.24, 2.45) is 0 Å². The van der Waals surface area contributed by atoms with Crippen LogP contribution >= 0.6 is 0 Å². The highest BCUT2D eigenvalue weighted by Gasteiger charge is 2.42. The molecular formula is C16H21F3N2O5. The maximum absolute atomic E-state index is 12.3. The van der Waals surface area contributed by atoms with Gasteiger partial charge in [-0.2, -0.15) is 13.2 Å². The van der Waals surface area contributed by atoms with E-state index in [9.17, 15) is 18.0 Å². The number of morpholine rings is 1. The van der Waals surface area contributed by atoms with Gasteiger partial charge in [-0.1, -0.05) is 0 Å². The summed E-state index contributed by atoms with van der Waals surface area (Å²) in [6, 6.07) is 2.52. The van der Waals surface area contributed by atoms with Crippen molar-refractivity contribution in [1.82, 2.24) is 9.80 Å². The van der Waals surface area contributed by atoms with Gasteiger partial charge < -0.3 is 19.2 Å². The van der Waals surface area contributed by atoms with Gasteiger partial charge in [-0.05, 0) is 19.9 Å². The number of aliphatic carboxylic acids is 1. The van der Waals surface area contributed by atoms with Crippen molar-refractivity contribution in [3.8, 4) is 0 Å². The lowest BCUT2D eigenvalue weighted by Gasteiger charge is -2.39. The zero-order chi connectivity index (χ0) is 19.5. The topological polar surface area (TPSA) is 83.2 Å². The minimum atomic E-state index is -5.08. The Balaban J connectivity index is 0.000000298. The fourth-order valence-electron chi connectivity index (χ4n) is 3.09. The summed E-state index contributed by atoms with van der Waals surface area (Å²) in [6.45, 7) is 7.52. The van der Waals surface area contributed by atoms with Crippen molar-refractivity contribution < 1.29 is 37.0 Å². The first-order valence-corrected chi connectivity index (χ1v) is 8.10. The van der Waals surface area contributed by atoms with Crippen molar-refractivity contribution in [3.05, 3.63) is 24.2 Å². The number of carbonyl (C=O) groups excluding carboxylic acids is 1. The minimum Gasteiger partial charge on any atom is -0.475 e. The summed E-state index contributed by atoms with van der Waals surface area (Å²) in [5.74, 6) is -2.72. The van der Waals surface area contributed by atoms with E-state index in [2.05, 4.69) is 18.7 Å². The van der Waals surface area contributed by atoms with Crippen LogP contribution in [0.15, 0.2) is 23.0 Å². The number of ether oxygens (including phenoxy) is 1. The van der Waals surface area contributed by atoms with E-state index in [0.717, 1.165) is 19.7 Å². The number of rotatable bonds is 2. The van der Waals surface area contributed by atoms with Crippen molar-refractivity contribution >= 4 is 11.9 Å². The third-order valence-corrected chi connectivity index (χ3v) is 4.31. The Morgan fingerprint density at radius 1 is 1.31 bits per heavy atom. The Bertz CT molecular complexity index is 618. The molecule has 0 unspecified atom stereocenters. The summed E-state index contributed by atoms with van der Waals surface area (Å²) >= 11 is 0. The summed E-state index contributed by atoms with van der Waals surface area (Å²) in [7, 11) is 0. The van der Waals surface area contributed by atoms with E-state index in [-0.39, 0.29) is 12.0 Å². The van der Waals surface area contributed by atoms with E-state index in [1.807, 2.05) is 4.90 Å². The lowest BCUT2D eigenvalue weighted by molar-refractivity contribution is -0.192. The second-order valence-corrected chi connectivity index (χ2v) is 6.33. The Labute approximate surface area is 148 Å². The van der Waals surface area contributed by atoms with Gasteiger partial charge >= 0.3 is 12.1 Å². The molecule has 0 radical (unpaired) electrons. The van der Waals surface area contributed by atoms with Crippen LogP contribution < -0.4 is 0 Å². The molecule has 146 valence electrons. The number of hydrogen-bond donors (Lipinski definition) is 1. The molecule has 1 aromatic rings. The maximum atomic E-state index is 12.3. The van der Waals surface area contributed by atoms with Crippen LogP contribution in [0.1, 0.15) is 24.2 Å². The molecule has 0 spiro atoms. The number of carboxylic acid groups (broad SMARTS) is 1. The van der Waals surface area contributed by atoms with E-state index >= 15 is 0 Å². The molecule has 1 amide bonds. The first kappa shape index (κ1) is 20.2. The average molecular weight is 378 g/mol. The smallest absolute Gasteiger partial charge is 0.475 e. The van der Waals surface area contributed by atoms with E-state index < -0.39 is 12.1 Å². The van der Waals surface area contributed by atoms with Crippen LogP contribution in [0.3, 0.4) is 0 Å². The van der Waals surface area contributed by atoms with Crippen LogP contribution in [-0.4, -0.2) is 77.4 Å². The van der Waals surface area contributed by atoms with Crippen LogP contribution in [0.25, 0.3) is 0 Å². The Morgan fingerprint density at radius 2 is 1.96 bits per heavy atom. The normalized spacial score (nSPS) is 23.4.